The molecule has 0 atom stereocenters. The quantitative estimate of drug-likeness (QED) is 0.829. The molecule has 0 unspecified atom stereocenters. The van der Waals surface area contributed by atoms with E-state index in [4.69, 9.17) is 5.11 Å². The van der Waals surface area contributed by atoms with Crippen LogP contribution in [0.4, 0.5) is 4.39 Å². The molecule has 1 aliphatic rings. The van der Waals surface area contributed by atoms with Crippen LogP contribution in [0, 0.1) is 5.82 Å². The number of carbonyl (C=O) groups is 1. The highest BCUT2D eigenvalue weighted by atomic mass is 19.1. The summed E-state index contributed by atoms with van der Waals surface area (Å²) in [5.41, 5.74) is 0.345. The van der Waals surface area contributed by atoms with Crippen molar-refractivity contribution in [2.45, 2.75) is 31.1 Å². The maximum absolute atomic E-state index is 13.0. The summed E-state index contributed by atoms with van der Waals surface area (Å²) in [5.74, 6) is -1.23. The van der Waals surface area contributed by atoms with Gasteiger partial charge in [0.15, 0.2) is 0 Å². The Balaban J connectivity index is 2.29. The van der Waals surface area contributed by atoms with E-state index in [9.17, 15) is 9.18 Å². The lowest BCUT2D eigenvalue weighted by atomic mass is 9.63. The molecule has 15 heavy (non-hydrogen) atoms. The van der Waals surface area contributed by atoms with Gasteiger partial charge in [-0.15, -0.1) is 0 Å². The molecule has 1 aliphatic carbocycles. The number of hydrogen-bond donors (Lipinski definition) is 1. The highest BCUT2D eigenvalue weighted by Crippen LogP contribution is 2.46. The van der Waals surface area contributed by atoms with Crippen LogP contribution in [-0.2, 0) is 10.2 Å². The Hall–Kier alpha value is -1.45. The van der Waals surface area contributed by atoms with Crippen LogP contribution in [0.3, 0.4) is 0 Å². The van der Waals surface area contributed by atoms with E-state index in [0.29, 0.717) is 0 Å². The van der Waals surface area contributed by atoms with Crippen LogP contribution >= 0.6 is 0 Å². The zero-order valence-electron chi connectivity index (χ0n) is 8.24. The molecule has 0 spiro atoms. The average Bonchev–Trinajstić information content (AvgIpc) is 2.11. The number of carboxylic acid groups (broad SMARTS) is 1. The third kappa shape index (κ3) is 1.84. The molecule has 1 fully saturated rings. The van der Waals surface area contributed by atoms with Crippen LogP contribution in [0.1, 0.15) is 31.2 Å². The molecule has 0 bridgehead atoms. The molecule has 4 heteroatoms. The van der Waals surface area contributed by atoms with Crippen molar-refractivity contribution < 1.29 is 14.3 Å². The first kappa shape index (κ1) is 10.1. The van der Waals surface area contributed by atoms with Crippen LogP contribution in [0.2, 0.25) is 0 Å². The topological polar surface area (TPSA) is 50.2 Å². The van der Waals surface area contributed by atoms with Gasteiger partial charge in [-0.25, -0.2) is 4.39 Å². The lowest BCUT2D eigenvalue weighted by Crippen LogP contribution is -2.36. The predicted octanol–water partition coefficient (Wildman–Crippen LogP) is 2.12. The Morgan fingerprint density at radius 1 is 1.53 bits per heavy atom. The molecule has 1 N–H and O–H groups in total. The van der Waals surface area contributed by atoms with E-state index >= 15 is 0 Å². The standard InChI is InChI=1S/C11H12FNO2/c12-9-4-8(6-13-7-9)11(2-1-3-11)5-10(14)15/h4,6-7H,1-3,5H2,(H,14,15). The van der Waals surface area contributed by atoms with Gasteiger partial charge >= 0.3 is 5.97 Å². The van der Waals surface area contributed by atoms with Crippen molar-refractivity contribution in [1.29, 1.82) is 0 Å². The number of aromatic nitrogens is 1. The number of aliphatic carboxylic acids is 1. The molecule has 3 nitrogen and oxygen atoms in total. The Morgan fingerprint density at radius 3 is 2.73 bits per heavy atom. The average molecular weight is 209 g/mol. The molecule has 1 aromatic heterocycles. The van der Waals surface area contributed by atoms with E-state index in [-0.39, 0.29) is 11.8 Å². The van der Waals surface area contributed by atoms with Crippen molar-refractivity contribution in [1.82, 2.24) is 4.98 Å². The van der Waals surface area contributed by atoms with Gasteiger partial charge in [-0.3, -0.25) is 9.78 Å². The van der Waals surface area contributed by atoms with Crippen molar-refractivity contribution in [2.75, 3.05) is 0 Å². The zero-order chi connectivity index (χ0) is 10.9. The third-order valence-corrected chi connectivity index (χ3v) is 3.12. The van der Waals surface area contributed by atoms with Gasteiger partial charge in [-0.2, -0.15) is 0 Å². The Labute approximate surface area is 87.0 Å². The number of rotatable bonds is 3. The van der Waals surface area contributed by atoms with E-state index < -0.39 is 11.8 Å². The van der Waals surface area contributed by atoms with E-state index in [0.717, 1.165) is 31.0 Å². The highest BCUT2D eigenvalue weighted by molar-refractivity contribution is 5.69. The van der Waals surface area contributed by atoms with E-state index in [2.05, 4.69) is 4.98 Å². The Bertz CT molecular complexity index is 388. The maximum Gasteiger partial charge on any atom is 0.304 e. The van der Waals surface area contributed by atoms with Crippen molar-refractivity contribution in [3.63, 3.8) is 0 Å². The van der Waals surface area contributed by atoms with E-state index in [1.807, 2.05) is 0 Å². The zero-order valence-corrected chi connectivity index (χ0v) is 8.24. The lowest BCUT2D eigenvalue weighted by molar-refractivity contribution is -0.139. The fraction of sp³-hybridized carbons (Fsp3) is 0.455. The summed E-state index contributed by atoms with van der Waals surface area (Å²) in [6, 6.07) is 1.40. The summed E-state index contributed by atoms with van der Waals surface area (Å²) in [4.78, 5) is 14.5. The molecular formula is C11H12FNO2. The van der Waals surface area contributed by atoms with Crippen LogP contribution < -0.4 is 0 Å². The second-order valence-corrected chi connectivity index (χ2v) is 4.10. The second kappa shape index (κ2) is 3.61. The number of hydrogen-bond acceptors (Lipinski definition) is 2. The van der Waals surface area contributed by atoms with Crippen LogP contribution in [0.15, 0.2) is 18.5 Å². The molecular weight excluding hydrogens is 197 g/mol. The van der Waals surface area contributed by atoms with Gasteiger partial charge in [-0.05, 0) is 24.5 Å². The fourth-order valence-corrected chi connectivity index (χ4v) is 2.16. The summed E-state index contributed by atoms with van der Waals surface area (Å²) in [6.45, 7) is 0. The predicted molar refractivity (Wildman–Crippen MR) is 52.0 cm³/mol. The largest absolute Gasteiger partial charge is 0.481 e. The first-order valence-electron chi connectivity index (χ1n) is 4.95. The smallest absolute Gasteiger partial charge is 0.304 e. The molecule has 0 radical (unpaired) electrons. The second-order valence-electron chi connectivity index (χ2n) is 4.10. The third-order valence-electron chi connectivity index (χ3n) is 3.12. The Kier molecular flexibility index (Phi) is 2.42. The number of halogens is 1. The number of pyridine rings is 1. The fourth-order valence-electron chi connectivity index (χ4n) is 2.16. The molecule has 1 aromatic rings. The van der Waals surface area contributed by atoms with Gasteiger partial charge in [-0.1, -0.05) is 6.42 Å². The first-order valence-corrected chi connectivity index (χ1v) is 4.95. The normalized spacial score (nSPS) is 18.2. The summed E-state index contributed by atoms with van der Waals surface area (Å²) in [6.07, 6.45) is 5.40. The monoisotopic (exact) mass is 209 g/mol. The van der Waals surface area contributed by atoms with Crippen molar-refractivity contribution >= 4 is 5.97 Å². The van der Waals surface area contributed by atoms with Gasteiger partial charge in [0, 0.05) is 11.6 Å². The van der Waals surface area contributed by atoms with Crippen LogP contribution in [-0.4, -0.2) is 16.1 Å². The highest BCUT2D eigenvalue weighted by Gasteiger charge is 2.40. The van der Waals surface area contributed by atoms with Crippen LogP contribution in [0.5, 0.6) is 0 Å². The number of nitrogens with zero attached hydrogens (tertiary/aromatic N) is 1. The van der Waals surface area contributed by atoms with Gasteiger partial charge < -0.3 is 5.11 Å². The van der Waals surface area contributed by atoms with Gasteiger partial charge in [0.05, 0.1) is 12.6 Å². The van der Waals surface area contributed by atoms with E-state index in [1.165, 1.54) is 6.07 Å². The maximum atomic E-state index is 13.0. The molecule has 80 valence electrons. The summed E-state index contributed by atoms with van der Waals surface area (Å²) in [7, 11) is 0. The van der Waals surface area contributed by atoms with Crippen molar-refractivity contribution in [3.05, 3.63) is 29.8 Å². The van der Waals surface area contributed by atoms with Crippen LogP contribution in [0.25, 0.3) is 0 Å². The van der Waals surface area contributed by atoms with E-state index in [1.54, 1.807) is 6.20 Å². The van der Waals surface area contributed by atoms with Gasteiger partial charge in [0.2, 0.25) is 0 Å². The molecule has 1 saturated carbocycles. The number of carboxylic acids is 1. The summed E-state index contributed by atoms with van der Waals surface area (Å²) < 4.78 is 13.0. The molecule has 2 rings (SSSR count). The molecule has 1 heterocycles. The molecule has 0 aliphatic heterocycles. The van der Waals surface area contributed by atoms with Crippen molar-refractivity contribution in [2.24, 2.45) is 0 Å². The Morgan fingerprint density at radius 2 is 2.27 bits per heavy atom. The minimum absolute atomic E-state index is 0.0676. The van der Waals surface area contributed by atoms with Crippen molar-refractivity contribution in [3.8, 4) is 0 Å². The summed E-state index contributed by atoms with van der Waals surface area (Å²) in [5, 5.41) is 8.83. The first-order chi connectivity index (χ1) is 7.12. The van der Waals surface area contributed by atoms with Gasteiger partial charge in [0.1, 0.15) is 5.82 Å². The molecule has 0 saturated heterocycles. The SMILES string of the molecule is O=C(O)CC1(c2cncc(F)c2)CCC1. The minimum atomic E-state index is -0.834. The summed E-state index contributed by atoms with van der Waals surface area (Å²) >= 11 is 0. The molecule has 0 amide bonds. The minimum Gasteiger partial charge on any atom is -0.481 e. The molecule has 0 aromatic carbocycles. The van der Waals surface area contributed by atoms with Gasteiger partial charge in [0.25, 0.3) is 0 Å². The lowest BCUT2D eigenvalue weighted by Gasteiger charge is -2.41.